The summed E-state index contributed by atoms with van der Waals surface area (Å²) in [5.74, 6) is 0.571. The van der Waals surface area contributed by atoms with Crippen LogP contribution in [0.25, 0.3) is 0 Å². The summed E-state index contributed by atoms with van der Waals surface area (Å²) < 4.78 is 5.43. The number of benzene rings is 1. The van der Waals surface area contributed by atoms with E-state index in [0.29, 0.717) is 30.4 Å². The van der Waals surface area contributed by atoms with Crippen LogP contribution >= 0.6 is 0 Å². The predicted molar refractivity (Wildman–Crippen MR) is 132 cm³/mol. The van der Waals surface area contributed by atoms with Crippen LogP contribution in [0, 0.1) is 5.92 Å². The molecule has 1 aromatic heterocycles. The second-order valence-corrected chi connectivity index (χ2v) is 9.46. The fourth-order valence-electron chi connectivity index (χ4n) is 4.34. The summed E-state index contributed by atoms with van der Waals surface area (Å²) in [6, 6.07) is 7.45. The molecule has 1 aliphatic rings. The second-order valence-electron chi connectivity index (χ2n) is 9.46. The maximum absolute atomic E-state index is 12.4. The van der Waals surface area contributed by atoms with E-state index in [4.69, 9.17) is 4.52 Å². The molecule has 0 saturated heterocycles. The molecule has 0 spiro atoms. The van der Waals surface area contributed by atoms with Gasteiger partial charge in [-0.1, -0.05) is 56.8 Å². The largest absolute Gasteiger partial charge is 0.352 e. The Balaban J connectivity index is 1.52. The maximum Gasteiger partial charge on any atom is 0.227 e. The fraction of sp³-hybridized carbons (Fsp3) is 0.577. The molecule has 35 heavy (non-hydrogen) atoms. The Morgan fingerprint density at radius 1 is 1.14 bits per heavy atom. The normalized spacial score (nSPS) is 16.1. The standard InChI is InChI=1S/C26H37N5O4/c1-4-18(2)24(34)28-21-11-9-10-20(16-21)17-27-22(33)12-13-23-29-25(31-35-23)26(30-19(3)32)14-7-5-6-8-15-26/h9-11,16,18H,4-8,12-15,17H2,1-3H3,(H,27,33)(H,28,34)(H,30,32). The summed E-state index contributed by atoms with van der Waals surface area (Å²) in [6.07, 6.45) is 7.10. The van der Waals surface area contributed by atoms with Crippen molar-refractivity contribution in [3.63, 3.8) is 0 Å². The molecule has 190 valence electrons. The molecule has 0 bridgehead atoms. The Morgan fingerprint density at radius 3 is 2.57 bits per heavy atom. The highest BCUT2D eigenvalue weighted by atomic mass is 16.5. The number of aryl methyl sites for hydroxylation is 1. The Kier molecular flexibility index (Phi) is 9.39. The van der Waals surface area contributed by atoms with Gasteiger partial charge in [-0.3, -0.25) is 14.4 Å². The van der Waals surface area contributed by atoms with Crippen LogP contribution in [0.5, 0.6) is 0 Å². The Morgan fingerprint density at radius 2 is 1.89 bits per heavy atom. The Bertz CT molecular complexity index is 1010. The minimum absolute atomic E-state index is 0.0169. The van der Waals surface area contributed by atoms with Crippen molar-refractivity contribution in [2.45, 2.75) is 90.6 Å². The first kappa shape index (κ1) is 26.4. The van der Waals surface area contributed by atoms with E-state index < -0.39 is 5.54 Å². The first-order valence-corrected chi connectivity index (χ1v) is 12.6. The zero-order valence-corrected chi connectivity index (χ0v) is 21.0. The molecule has 1 saturated carbocycles. The molecular formula is C26H37N5O4. The molecule has 9 nitrogen and oxygen atoms in total. The minimum atomic E-state index is -0.596. The molecular weight excluding hydrogens is 446 g/mol. The van der Waals surface area contributed by atoms with E-state index in [2.05, 4.69) is 26.1 Å². The summed E-state index contributed by atoms with van der Waals surface area (Å²) in [4.78, 5) is 40.9. The molecule has 1 fully saturated rings. The molecule has 1 heterocycles. The van der Waals surface area contributed by atoms with Crippen LogP contribution in [0.1, 0.15) is 89.4 Å². The number of anilines is 1. The summed E-state index contributed by atoms with van der Waals surface area (Å²) >= 11 is 0. The van der Waals surface area contributed by atoms with Gasteiger partial charge in [-0.05, 0) is 37.0 Å². The first-order valence-electron chi connectivity index (χ1n) is 12.6. The van der Waals surface area contributed by atoms with Crippen LogP contribution < -0.4 is 16.0 Å². The molecule has 0 radical (unpaired) electrons. The number of nitrogens with one attached hydrogen (secondary N) is 3. The van der Waals surface area contributed by atoms with Crippen LogP contribution in [-0.4, -0.2) is 27.9 Å². The SMILES string of the molecule is CCC(C)C(=O)Nc1cccc(CNC(=O)CCc2nc(C3(NC(C)=O)CCCCCC3)no2)c1. The molecule has 3 amide bonds. The van der Waals surface area contributed by atoms with Crippen molar-refractivity contribution in [2.75, 3.05) is 5.32 Å². The Hall–Kier alpha value is -3.23. The average molecular weight is 484 g/mol. The highest BCUT2D eigenvalue weighted by Gasteiger charge is 2.38. The summed E-state index contributed by atoms with van der Waals surface area (Å²) in [6.45, 7) is 5.73. The molecule has 1 unspecified atom stereocenters. The van der Waals surface area contributed by atoms with Crippen LogP contribution in [0.15, 0.2) is 28.8 Å². The van der Waals surface area contributed by atoms with Gasteiger partial charge in [-0.25, -0.2) is 0 Å². The van der Waals surface area contributed by atoms with Gasteiger partial charge in [-0.2, -0.15) is 4.98 Å². The van der Waals surface area contributed by atoms with Gasteiger partial charge >= 0.3 is 0 Å². The van der Waals surface area contributed by atoms with Gasteiger partial charge in [0.2, 0.25) is 23.6 Å². The number of hydrogen-bond acceptors (Lipinski definition) is 6. The van der Waals surface area contributed by atoms with Gasteiger partial charge in [0, 0.05) is 37.9 Å². The Labute approximate surface area is 206 Å². The van der Waals surface area contributed by atoms with Crippen molar-refractivity contribution in [1.82, 2.24) is 20.8 Å². The van der Waals surface area contributed by atoms with Crippen LogP contribution in [0.4, 0.5) is 5.69 Å². The monoisotopic (exact) mass is 483 g/mol. The lowest BCUT2D eigenvalue weighted by Gasteiger charge is -2.30. The van der Waals surface area contributed by atoms with E-state index in [1.807, 2.05) is 38.1 Å². The topological polar surface area (TPSA) is 126 Å². The third-order valence-corrected chi connectivity index (χ3v) is 6.58. The van der Waals surface area contributed by atoms with Crippen LogP contribution in [0.2, 0.25) is 0 Å². The molecule has 1 atom stereocenters. The highest BCUT2D eigenvalue weighted by molar-refractivity contribution is 5.92. The van der Waals surface area contributed by atoms with E-state index >= 15 is 0 Å². The average Bonchev–Trinajstić information content (AvgIpc) is 3.20. The summed E-state index contributed by atoms with van der Waals surface area (Å²) in [5.41, 5.74) is 1.01. The maximum atomic E-state index is 12.4. The first-order chi connectivity index (χ1) is 16.8. The van der Waals surface area contributed by atoms with Crippen molar-refractivity contribution in [1.29, 1.82) is 0 Å². The van der Waals surface area contributed by atoms with Crippen molar-refractivity contribution in [2.24, 2.45) is 5.92 Å². The number of hydrogen-bond donors (Lipinski definition) is 3. The molecule has 0 aliphatic heterocycles. The lowest BCUT2D eigenvalue weighted by molar-refractivity contribution is -0.122. The van der Waals surface area contributed by atoms with Crippen LogP contribution in [0.3, 0.4) is 0 Å². The third kappa shape index (κ3) is 7.63. The van der Waals surface area contributed by atoms with Crippen molar-refractivity contribution < 1.29 is 18.9 Å². The third-order valence-electron chi connectivity index (χ3n) is 6.58. The zero-order valence-electron chi connectivity index (χ0n) is 21.0. The summed E-state index contributed by atoms with van der Waals surface area (Å²) in [7, 11) is 0. The van der Waals surface area contributed by atoms with Crippen LogP contribution in [-0.2, 0) is 32.9 Å². The smallest absolute Gasteiger partial charge is 0.227 e. The molecule has 2 aromatic rings. The lowest BCUT2D eigenvalue weighted by atomic mass is 9.89. The van der Waals surface area contributed by atoms with E-state index in [-0.39, 0.29) is 30.1 Å². The number of amides is 3. The minimum Gasteiger partial charge on any atom is -0.352 e. The molecule has 1 aromatic carbocycles. The zero-order chi connectivity index (χ0) is 25.3. The molecule has 3 N–H and O–H groups in total. The number of aromatic nitrogens is 2. The number of carbonyl (C=O) groups excluding carboxylic acids is 3. The number of nitrogens with zero attached hydrogens (tertiary/aromatic N) is 2. The van der Waals surface area contributed by atoms with E-state index in [1.165, 1.54) is 6.92 Å². The van der Waals surface area contributed by atoms with Crippen molar-refractivity contribution in [3.05, 3.63) is 41.5 Å². The lowest BCUT2D eigenvalue weighted by Crippen LogP contribution is -2.45. The second kappa shape index (κ2) is 12.5. The predicted octanol–water partition coefficient (Wildman–Crippen LogP) is 3.99. The molecule has 9 heteroatoms. The van der Waals surface area contributed by atoms with Gasteiger partial charge in [-0.15, -0.1) is 0 Å². The van der Waals surface area contributed by atoms with E-state index in [1.54, 1.807) is 0 Å². The molecule has 1 aliphatic carbocycles. The summed E-state index contributed by atoms with van der Waals surface area (Å²) in [5, 5.41) is 13.0. The van der Waals surface area contributed by atoms with Gasteiger partial charge in [0.1, 0.15) is 5.54 Å². The van der Waals surface area contributed by atoms with Gasteiger partial charge in [0.25, 0.3) is 0 Å². The molecule has 3 rings (SSSR count). The highest BCUT2D eigenvalue weighted by Crippen LogP contribution is 2.34. The van der Waals surface area contributed by atoms with Gasteiger partial charge < -0.3 is 20.5 Å². The van der Waals surface area contributed by atoms with Crippen molar-refractivity contribution in [3.8, 4) is 0 Å². The van der Waals surface area contributed by atoms with Crippen molar-refractivity contribution >= 4 is 23.4 Å². The van der Waals surface area contributed by atoms with Gasteiger partial charge in [0.15, 0.2) is 5.82 Å². The quantitative estimate of drug-likeness (QED) is 0.439. The van der Waals surface area contributed by atoms with Gasteiger partial charge in [0.05, 0.1) is 0 Å². The fourth-order valence-corrected chi connectivity index (χ4v) is 4.34. The van der Waals surface area contributed by atoms with E-state index in [9.17, 15) is 14.4 Å². The number of rotatable bonds is 10. The number of carbonyl (C=O) groups is 3. The van der Waals surface area contributed by atoms with E-state index in [0.717, 1.165) is 50.5 Å².